The molecule has 6 unspecified atom stereocenters. The van der Waals surface area contributed by atoms with Gasteiger partial charge in [0.2, 0.25) is 0 Å². The summed E-state index contributed by atoms with van der Waals surface area (Å²) in [7, 11) is 0. The molecule has 0 aromatic carbocycles. The molecule has 0 heterocycles. The van der Waals surface area contributed by atoms with Crippen molar-refractivity contribution >= 4 is 35.8 Å². The number of allylic oxidation sites excluding steroid dienone is 14. The van der Waals surface area contributed by atoms with Gasteiger partial charge in [-0.1, -0.05) is 389 Å². The third kappa shape index (κ3) is 102. The van der Waals surface area contributed by atoms with Crippen LogP contribution < -0.4 is 0 Å². The monoisotopic (exact) mass is 1840 g/mol. The average molecular weight is 1840 g/mol. The van der Waals surface area contributed by atoms with E-state index < -0.39 is 36.6 Å². The Bertz CT molecular complexity index is 2730. The topological polar surface area (TPSA) is 239 Å². The summed E-state index contributed by atoms with van der Waals surface area (Å²) in [5.74, 6) is -2.03. The van der Waals surface area contributed by atoms with E-state index in [2.05, 4.69) is 127 Å². The van der Waals surface area contributed by atoms with E-state index >= 15 is 0 Å². The maximum atomic E-state index is 12.8. The summed E-state index contributed by atoms with van der Waals surface area (Å²) in [6, 6.07) is 0. The molecule has 0 aromatic rings. The first-order valence-electron chi connectivity index (χ1n) is 55.1. The van der Waals surface area contributed by atoms with Gasteiger partial charge in [0.1, 0.15) is 26.4 Å². The normalized spacial score (nSPS) is 13.4. The summed E-state index contributed by atoms with van der Waals surface area (Å²) < 4.78 is 33.5. The van der Waals surface area contributed by atoms with Gasteiger partial charge in [0.05, 0.1) is 24.4 Å². The molecule has 0 saturated carbocycles. The lowest BCUT2D eigenvalue weighted by molar-refractivity contribution is -0.167. The first-order valence-corrected chi connectivity index (χ1v) is 55.1. The van der Waals surface area contributed by atoms with Gasteiger partial charge < -0.3 is 48.8 Å². The second kappa shape index (κ2) is 107. The molecule has 4 N–H and O–H groups in total. The molecule has 131 heavy (non-hydrogen) atoms. The number of hydrogen-bond acceptors (Lipinski definition) is 16. The summed E-state index contributed by atoms with van der Waals surface area (Å²) in [6.07, 6.45) is 109. The third-order valence-corrected chi connectivity index (χ3v) is 24.2. The summed E-state index contributed by atoms with van der Waals surface area (Å²) in [5.41, 5.74) is 0. The van der Waals surface area contributed by atoms with Crippen LogP contribution in [0.5, 0.6) is 0 Å². The van der Waals surface area contributed by atoms with Crippen LogP contribution in [0.15, 0.2) is 97.2 Å². The van der Waals surface area contributed by atoms with Gasteiger partial charge in [0.15, 0.2) is 12.2 Å². The minimum absolute atomic E-state index is 0.0872. The number of carbonyl (C=O) groups excluding carboxylic acids is 6. The molecule has 0 aromatic heterocycles. The van der Waals surface area contributed by atoms with Crippen LogP contribution in [0.2, 0.25) is 0 Å². The van der Waals surface area contributed by atoms with E-state index in [-0.39, 0.29) is 81.5 Å². The van der Waals surface area contributed by atoms with Gasteiger partial charge in [0.25, 0.3) is 0 Å². The molecule has 0 aliphatic carbocycles. The highest BCUT2D eigenvalue weighted by Gasteiger charge is 2.23. The van der Waals surface area contributed by atoms with Crippen LogP contribution in [0.25, 0.3) is 0 Å². The molecule has 0 radical (unpaired) electrons. The quantitative estimate of drug-likeness (QED) is 0.0192. The van der Waals surface area contributed by atoms with E-state index in [0.29, 0.717) is 57.8 Å². The van der Waals surface area contributed by atoms with Crippen molar-refractivity contribution in [3.05, 3.63) is 97.2 Å². The third-order valence-electron chi connectivity index (χ3n) is 24.2. The molecular weight excluding hydrogens is 1640 g/mol. The number of ether oxygens (including phenoxy) is 6. The predicted molar refractivity (Wildman–Crippen MR) is 550 cm³/mol. The SMILES string of the molecule is CCCCC/C=C\C/C=C\CCCCCCCCC(=O)OCC(COC(=O)CCCCCCC/C=C\C/C=C\CCCCC)OC(=O)CCCCCCC/C=C\CCCCCCCC.CCCCC/C=C\CC(O)C(O)CCCCCCCC(=O)OCC(COC(=O)CCCCCCC/C=C\CC(O)C(O)CCCCC)OC(=O)CCCCCCC/C=C\CCCCCCCC. The number of rotatable bonds is 99. The van der Waals surface area contributed by atoms with Crippen molar-refractivity contribution in [2.45, 2.75) is 573 Å². The Morgan fingerprint density at radius 2 is 0.359 bits per heavy atom. The lowest BCUT2D eigenvalue weighted by Gasteiger charge is -2.18. The maximum Gasteiger partial charge on any atom is 0.306 e. The Kier molecular flexibility index (Phi) is 104. The molecule has 0 saturated heterocycles. The number of aliphatic hydroxyl groups is 4. The molecule has 6 atom stereocenters. The van der Waals surface area contributed by atoms with Crippen molar-refractivity contribution in [3.63, 3.8) is 0 Å². The molecule has 762 valence electrons. The number of aliphatic hydroxyl groups excluding tert-OH is 4. The molecule has 0 bridgehead atoms. The van der Waals surface area contributed by atoms with Crippen LogP contribution in [0.4, 0.5) is 0 Å². The van der Waals surface area contributed by atoms with Crippen molar-refractivity contribution in [1.29, 1.82) is 0 Å². The van der Waals surface area contributed by atoms with Gasteiger partial charge in [-0.15, -0.1) is 0 Å². The van der Waals surface area contributed by atoms with Gasteiger partial charge in [-0.2, -0.15) is 0 Å². The lowest BCUT2D eigenvalue weighted by atomic mass is 10.0. The Labute approximate surface area is 805 Å². The molecule has 0 spiro atoms. The molecule has 16 heteroatoms. The van der Waals surface area contributed by atoms with Gasteiger partial charge in [-0.25, -0.2) is 0 Å². The van der Waals surface area contributed by atoms with Crippen molar-refractivity contribution in [2.75, 3.05) is 26.4 Å². The lowest BCUT2D eigenvalue weighted by Crippen LogP contribution is -2.30. The molecule has 0 fully saturated rings. The molecule has 0 rings (SSSR count). The maximum absolute atomic E-state index is 12.8. The average Bonchev–Trinajstić information content (AvgIpc) is 0.947. The van der Waals surface area contributed by atoms with E-state index in [1.54, 1.807) is 0 Å². The predicted octanol–water partition coefficient (Wildman–Crippen LogP) is 32.0. The van der Waals surface area contributed by atoms with Crippen LogP contribution in [0.1, 0.15) is 536 Å². The number of unbranched alkanes of at least 4 members (excludes halogenated alkanes) is 53. The van der Waals surface area contributed by atoms with E-state index in [1.165, 1.54) is 186 Å². The highest BCUT2D eigenvalue weighted by atomic mass is 16.6. The van der Waals surface area contributed by atoms with Crippen molar-refractivity contribution in [1.82, 2.24) is 0 Å². The first kappa shape index (κ1) is 128. The number of hydrogen-bond donors (Lipinski definition) is 4. The van der Waals surface area contributed by atoms with Crippen molar-refractivity contribution < 1.29 is 77.6 Å². The fourth-order valence-electron chi connectivity index (χ4n) is 15.5. The Balaban J connectivity index is 0. The largest absolute Gasteiger partial charge is 0.462 e. The Morgan fingerprint density at radius 3 is 0.603 bits per heavy atom. The second-order valence-electron chi connectivity index (χ2n) is 37.2. The molecule has 0 aliphatic rings. The summed E-state index contributed by atoms with van der Waals surface area (Å²) >= 11 is 0. The van der Waals surface area contributed by atoms with Crippen LogP contribution in [-0.2, 0) is 57.2 Å². The zero-order chi connectivity index (χ0) is 95.8. The van der Waals surface area contributed by atoms with E-state index in [0.717, 1.165) is 231 Å². The van der Waals surface area contributed by atoms with E-state index in [9.17, 15) is 49.2 Å². The minimum atomic E-state index is -0.861. The van der Waals surface area contributed by atoms with Crippen molar-refractivity contribution in [2.24, 2.45) is 0 Å². The van der Waals surface area contributed by atoms with Gasteiger partial charge >= 0.3 is 35.8 Å². The molecule has 16 nitrogen and oxygen atoms in total. The fourth-order valence-corrected chi connectivity index (χ4v) is 15.5. The van der Waals surface area contributed by atoms with Gasteiger partial charge in [-0.3, -0.25) is 28.8 Å². The fraction of sp³-hybridized carbons (Fsp3) is 0.809. The molecule has 0 aliphatic heterocycles. The van der Waals surface area contributed by atoms with Gasteiger partial charge in [-0.05, 0) is 205 Å². The van der Waals surface area contributed by atoms with Crippen molar-refractivity contribution in [3.8, 4) is 0 Å². The zero-order valence-electron chi connectivity index (χ0n) is 85.7. The van der Waals surface area contributed by atoms with Crippen LogP contribution in [-0.4, -0.2) is 119 Å². The number of carbonyl (C=O) groups is 6. The standard InChI is InChI=1S/C58H102O6.C57H104O10/c1-4-7-10-13-16-19-22-25-28-31-33-36-39-42-45-48-51-57(60)63-54-55(64-58(61)52-49-46-43-40-37-34-30-27-24-21-18-15-12-9-6-3)53-62-56(59)50-47-44-41-38-35-32-29-26-23-20-17-14-11-8-5-2;1-4-7-10-12-14-15-16-17-18-19-20-21-26-32-40-47-57(64)67-50(48-65-55(62)45-38-31-25-23-22-24-29-36-43-52(59)51(58)41-34-9-6-3)49-66-56(63)46-39-33-27-30-37-44-54(61)53(60)42-35-28-13-11-8-5-2/h16-17,19-20,25-30,55H,4-15,18,21-24,31-54H2,1-3H3;17-18,28-29,35-36,50-54,58-61H,4-16,19-27,30-34,37-49H2,1-3H3/b19-16-,20-17-,28-25-,29-26-,30-27-;18-17-,35-28-,36-29-. The first-order chi connectivity index (χ1) is 64.2. The van der Waals surface area contributed by atoms with Crippen LogP contribution >= 0.6 is 0 Å². The summed E-state index contributed by atoms with van der Waals surface area (Å²) in [4.78, 5) is 76.2. The summed E-state index contributed by atoms with van der Waals surface area (Å²) in [6.45, 7) is 12.8. The highest BCUT2D eigenvalue weighted by molar-refractivity contribution is 5.72. The van der Waals surface area contributed by atoms with E-state index in [1.807, 2.05) is 12.2 Å². The second-order valence-corrected chi connectivity index (χ2v) is 37.2. The minimum Gasteiger partial charge on any atom is -0.462 e. The zero-order valence-corrected chi connectivity index (χ0v) is 85.7. The molecular formula is C115H206O16. The van der Waals surface area contributed by atoms with E-state index in [4.69, 9.17) is 28.4 Å². The smallest absolute Gasteiger partial charge is 0.306 e. The Morgan fingerprint density at radius 1 is 0.191 bits per heavy atom. The number of esters is 6. The Hall–Kier alpha value is -5.42. The van der Waals surface area contributed by atoms with Gasteiger partial charge in [0, 0.05) is 38.5 Å². The highest BCUT2D eigenvalue weighted by Crippen LogP contribution is 2.21. The summed E-state index contributed by atoms with van der Waals surface area (Å²) in [5, 5.41) is 40.8. The van der Waals surface area contributed by atoms with Crippen LogP contribution in [0, 0.1) is 0 Å². The van der Waals surface area contributed by atoms with Crippen LogP contribution in [0.3, 0.4) is 0 Å². The molecule has 0 amide bonds.